The summed E-state index contributed by atoms with van der Waals surface area (Å²) in [5, 5.41) is 0. The van der Waals surface area contributed by atoms with E-state index >= 15 is 0 Å². The Balaban J connectivity index is 1.37. The number of fused-ring (bicyclic) bond motifs is 1. The second kappa shape index (κ2) is 8.57. The number of amides is 2. The normalized spacial score (nSPS) is 22.8. The van der Waals surface area contributed by atoms with E-state index < -0.39 is 17.8 Å². The molecule has 1 atom stereocenters. The summed E-state index contributed by atoms with van der Waals surface area (Å²) in [5.41, 5.74) is 2.71. The predicted molar refractivity (Wildman–Crippen MR) is 107 cm³/mol. The van der Waals surface area contributed by atoms with Crippen LogP contribution in [0.1, 0.15) is 54.9 Å². The van der Waals surface area contributed by atoms with E-state index in [0.717, 1.165) is 19.3 Å². The zero-order chi connectivity index (χ0) is 21.1. The molecule has 2 saturated heterocycles. The molecular weight excluding hydrogens is 388 g/mol. The minimum atomic E-state index is -0.887. The van der Waals surface area contributed by atoms with Crippen molar-refractivity contribution in [2.75, 3.05) is 19.7 Å². The number of nitrogens with zero attached hydrogens (tertiary/aromatic N) is 1. The van der Waals surface area contributed by atoms with Crippen LogP contribution in [-0.2, 0) is 19.2 Å². The van der Waals surface area contributed by atoms with E-state index in [0.29, 0.717) is 49.4 Å². The molecule has 1 spiro atoms. The van der Waals surface area contributed by atoms with Gasteiger partial charge in [0.1, 0.15) is 5.75 Å². The molecular formula is C22H26N2O6. The van der Waals surface area contributed by atoms with Gasteiger partial charge >= 0.3 is 0 Å². The first-order valence-corrected chi connectivity index (χ1v) is 10.4. The summed E-state index contributed by atoms with van der Waals surface area (Å²) in [6.45, 7) is 3.18. The van der Waals surface area contributed by atoms with E-state index in [1.54, 1.807) is 29.2 Å². The Labute approximate surface area is 175 Å². The van der Waals surface area contributed by atoms with E-state index in [2.05, 4.69) is 5.48 Å². The minimum absolute atomic E-state index is 0.0116. The summed E-state index contributed by atoms with van der Waals surface area (Å²) in [7, 11) is 0. The standard InChI is InChI=1S/C22H26N2O6/c1-15(25)24-11-9-22(10-12-24)21(27)17-14-16(5-7-18(17)29-22)6-8-19(26)23-30-20-4-2-3-13-28-20/h5-8,14,20H,2-4,9-13H2,1H3,(H,23,26)/b8-6+. The van der Waals surface area contributed by atoms with E-state index in [1.807, 2.05) is 0 Å². The van der Waals surface area contributed by atoms with Gasteiger partial charge in [0.25, 0.3) is 5.91 Å². The van der Waals surface area contributed by atoms with E-state index in [1.165, 1.54) is 13.0 Å². The first-order chi connectivity index (χ1) is 14.5. The molecule has 8 heteroatoms. The second-order valence-electron chi connectivity index (χ2n) is 7.90. The molecule has 2 fully saturated rings. The average molecular weight is 414 g/mol. The van der Waals surface area contributed by atoms with Crippen LogP contribution in [0.4, 0.5) is 0 Å². The highest BCUT2D eigenvalue weighted by atomic mass is 16.8. The summed E-state index contributed by atoms with van der Waals surface area (Å²) in [6, 6.07) is 5.28. The van der Waals surface area contributed by atoms with E-state index in [-0.39, 0.29) is 11.7 Å². The van der Waals surface area contributed by atoms with Crippen LogP contribution in [0.5, 0.6) is 5.75 Å². The van der Waals surface area contributed by atoms with Gasteiger partial charge in [-0.3, -0.25) is 14.4 Å². The Morgan fingerprint density at radius 3 is 2.77 bits per heavy atom. The molecule has 0 saturated carbocycles. The maximum atomic E-state index is 13.1. The highest BCUT2D eigenvalue weighted by Gasteiger charge is 2.49. The van der Waals surface area contributed by atoms with Crippen molar-refractivity contribution in [3.8, 4) is 5.75 Å². The number of hydroxylamine groups is 1. The zero-order valence-corrected chi connectivity index (χ0v) is 17.0. The van der Waals surface area contributed by atoms with Gasteiger partial charge in [0, 0.05) is 52.0 Å². The van der Waals surface area contributed by atoms with Crippen molar-refractivity contribution in [2.24, 2.45) is 0 Å². The molecule has 2 amide bonds. The monoisotopic (exact) mass is 414 g/mol. The Morgan fingerprint density at radius 2 is 2.07 bits per heavy atom. The quantitative estimate of drug-likeness (QED) is 0.600. The molecule has 1 unspecified atom stereocenters. The number of nitrogens with one attached hydrogen (secondary N) is 1. The van der Waals surface area contributed by atoms with Gasteiger partial charge < -0.3 is 14.4 Å². The molecule has 1 aromatic rings. The van der Waals surface area contributed by atoms with Crippen LogP contribution in [0, 0.1) is 0 Å². The number of hydrogen-bond donors (Lipinski definition) is 1. The molecule has 3 aliphatic rings. The molecule has 4 rings (SSSR count). The summed E-state index contributed by atoms with van der Waals surface area (Å²) in [6.07, 6.45) is 6.30. The lowest BCUT2D eigenvalue weighted by Crippen LogP contribution is -2.51. The van der Waals surface area contributed by atoms with Crippen LogP contribution in [0.25, 0.3) is 6.08 Å². The van der Waals surface area contributed by atoms with Crippen molar-refractivity contribution in [3.63, 3.8) is 0 Å². The number of hydrogen-bond acceptors (Lipinski definition) is 6. The van der Waals surface area contributed by atoms with Gasteiger partial charge in [-0.05, 0) is 36.6 Å². The van der Waals surface area contributed by atoms with Gasteiger partial charge in [-0.15, -0.1) is 0 Å². The molecule has 8 nitrogen and oxygen atoms in total. The first-order valence-electron chi connectivity index (χ1n) is 10.4. The van der Waals surface area contributed by atoms with Crippen molar-refractivity contribution in [1.29, 1.82) is 0 Å². The fourth-order valence-corrected chi connectivity index (χ4v) is 4.07. The lowest BCUT2D eigenvalue weighted by molar-refractivity contribution is -0.198. The molecule has 3 aliphatic heterocycles. The smallest absolute Gasteiger partial charge is 0.267 e. The molecule has 0 aliphatic carbocycles. The predicted octanol–water partition coefficient (Wildman–Crippen LogP) is 2.23. The van der Waals surface area contributed by atoms with Crippen LogP contribution < -0.4 is 10.2 Å². The van der Waals surface area contributed by atoms with Gasteiger partial charge in [0.05, 0.1) is 5.56 Å². The Kier molecular flexibility index (Phi) is 5.87. The number of piperidine rings is 1. The van der Waals surface area contributed by atoms with Crippen molar-refractivity contribution in [2.45, 2.75) is 50.9 Å². The van der Waals surface area contributed by atoms with Gasteiger partial charge in [-0.1, -0.05) is 6.07 Å². The van der Waals surface area contributed by atoms with Crippen LogP contribution in [0.3, 0.4) is 0 Å². The SMILES string of the molecule is CC(=O)N1CCC2(CC1)Oc1ccc(/C=C/C(=O)NOC3CCCCO3)cc1C2=O. The number of carbonyl (C=O) groups excluding carboxylic acids is 3. The van der Waals surface area contributed by atoms with Crippen molar-refractivity contribution < 1.29 is 28.7 Å². The number of rotatable bonds is 4. The van der Waals surface area contributed by atoms with Crippen molar-refractivity contribution in [3.05, 3.63) is 35.4 Å². The zero-order valence-electron chi connectivity index (χ0n) is 17.0. The molecule has 0 bridgehead atoms. The molecule has 0 radical (unpaired) electrons. The highest BCUT2D eigenvalue weighted by Crippen LogP contribution is 2.41. The number of ether oxygens (including phenoxy) is 2. The van der Waals surface area contributed by atoms with Crippen LogP contribution >= 0.6 is 0 Å². The molecule has 0 aromatic heterocycles. The second-order valence-corrected chi connectivity index (χ2v) is 7.90. The summed E-state index contributed by atoms with van der Waals surface area (Å²) in [4.78, 5) is 43.6. The number of likely N-dealkylation sites (tertiary alicyclic amines) is 1. The number of Topliss-reactive ketones (excluding diaryl/α,β-unsaturated/α-hetero) is 1. The Bertz CT molecular complexity index is 866. The summed E-state index contributed by atoms with van der Waals surface area (Å²) in [5.74, 6) is 0.103. The van der Waals surface area contributed by atoms with Gasteiger partial charge in [-0.2, -0.15) is 0 Å². The average Bonchev–Trinajstić information content (AvgIpc) is 3.03. The largest absolute Gasteiger partial charge is 0.478 e. The molecule has 3 heterocycles. The van der Waals surface area contributed by atoms with Gasteiger partial charge in [0.15, 0.2) is 11.9 Å². The van der Waals surface area contributed by atoms with Crippen LogP contribution in [0.15, 0.2) is 24.3 Å². The Morgan fingerprint density at radius 1 is 1.27 bits per heavy atom. The first kappa shape index (κ1) is 20.6. The fraction of sp³-hybridized carbons (Fsp3) is 0.500. The lowest BCUT2D eigenvalue weighted by Gasteiger charge is -2.36. The topological polar surface area (TPSA) is 94.2 Å². The molecule has 1 N–H and O–H groups in total. The van der Waals surface area contributed by atoms with Crippen molar-refractivity contribution >= 4 is 23.7 Å². The minimum Gasteiger partial charge on any atom is -0.478 e. The lowest BCUT2D eigenvalue weighted by atomic mass is 9.85. The fourth-order valence-electron chi connectivity index (χ4n) is 4.07. The third-order valence-corrected chi connectivity index (χ3v) is 5.84. The van der Waals surface area contributed by atoms with Gasteiger partial charge in [-0.25, -0.2) is 10.3 Å². The number of benzene rings is 1. The van der Waals surface area contributed by atoms with Crippen LogP contribution in [-0.4, -0.2) is 54.1 Å². The van der Waals surface area contributed by atoms with Crippen LogP contribution in [0.2, 0.25) is 0 Å². The number of ketones is 1. The summed E-state index contributed by atoms with van der Waals surface area (Å²) < 4.78 is 11.4. The number of carbonyl (C=O) groups is 3. The maximum absolute atomic E-state index is 13.1. The third kappa shape index (κ3) is 4.24. The molecule has 30 heavy (non-hydrogen) atoms. The van der Waals surface area contributed by atoms with E-state index in [4.69, 9.17) is 14.3 Å². The van der Waals surface area contributed by atoms with Gasteiger partial charge in [0.2, 0.25) is 11.7 Å². The maximum Gasteiger partial charge on any atom is 0.267 e. The molecule has 160 valence electrons. The Hall–Kier alpha value is -2.71. The molecule has 1 aromatic carbocycles. The third-order valence-electron chi connectivity index (χ3n) is 5.84. The highest BCUT2D eigenvalue weighted by molar-refractivity contribution is 6.08. The summed E-state index contributed by atoms with van der Waals surface area (Å²) >= 11 is 0. The van der Waals surface area contributed by atoms with E-state index in [9.17, 15) is 14.4 Å². The van der Waals surface area contributed by atoms with Crippen molar-refractivity contribution in [1.82, 2.24) is 10.4 Å².